The van der Waals surface area contributed by atoms with Gasteiger partial charge in [0.2, 0.25) is 0 Å². The largest absolute Gasteiger partial charge is 0.387 e. The van der Waals surface area contributed by atoms with Gasteiger partial charge in [0.25, 0.3) is 0 Å². The van der Waals surface area contributed by atoms with Crippen molar-refractivity contribution in [1.82, 2.24) is 15.6 Å². The molecule has 0 amide bonds. The fourth-order valence-electron chi connectivity index (χ4n) is 2.08. The van der Waals surface area contributed by atoms with Crippen LogP contribution in [-0.4, -0.2) is 47.6 Å². The van der Waals surface area contributed by atoms with Crippen LogP contribution in [0.3, 0.4) is 0 Å². The third kappa shape index (κ3) is 4.57. The Labute approximate surface area is 113 Å². The second-order valence-corrected chi connectivity index (χ2v) is 5.81. The predicted octanol–water partition coefficient (Wildman–Crippen LogP) is 0.878. The minimum atomic E-state index is -0.562. The van der Waals surface area contributed by atoms with Crippen LogP contribution >= 0.6 is 11.8 Å². The lowest BCUT2D eigenvalue weighted by molar-refractivity contribution is 0.0177. The average molecular weight is 267 g/mol. The summed E-state index contributed by atoms with van der Waals surface area (Å²) in [4.78, 5) is 4.26. The van der Waals surface area contributed by atoms with Crippen LogP contribution in [0.5, 0.6) is 0 Å². The maximum Gasteiger partial charge on any atom is 0.0960 e. The Balaban J connectivity index is 1.58. The Morgan fingerprint density at radius 3 is 3.17 bits per heavy atom. The van der Waals surface area contributed by atoms with E-state index in [4.69, 9.17) is 0 Å². The van der Waals surface area contributed by atoms with Crippen molar-refractivity contribution in [2.24, 2.45) is 0 Å². The molecule has 4 nitrogen and oxygen atoms in total. The number of aromatic nitrogens is 1. The first-order valence-corrected chi connectivity index (χ1v) is 7.45. The van der Waals surface area contributed by atoms with E-state index in [0.29, 0.717) is 13.1 Å². The first kappa shape index (κ1) is 13.8. The van der Waals surface area contributed by atoms with Gasteiger partial charge in [-0.2, -0.15) is 0 Å². The number of hydrogen-bond acceptors (Lipinski definition) is 5. The molecule has 2 rings (SSSR count). The van der Waals surface area contributed by atoms with Crippen molar-refractivity contribution in [3.63, 3.8) is 0 Å². The minimum Gasteiger partial charge on any atom is -0.387 e. The highest BCUT2D eigenvalue weighted by Gasteiger charge is 2.28. The first-order chi connectivity index (χ1) is 8.79. The number of thioether (sulfide) groups is 1. The van der Waals surface area contributed by atoms with E-state index in [-0.39, 0.29) is 0 Å². The second kappa shape index (κ2) is 7.09. The van der Waals surface area contributed by atoms with Crippen LogP contribution < -0.4 is 10.6 Å². The summed E-state index contributed by atoms with van der Waals surface area (Å²) in [6.07, 6.45) is 3.76. The average Bonchev–Trinajstić information content (AvgIpc) is 2.40. The van der Waals surface area contributed by atoms with Crippen LogP contribution in [-0.2, 0) is 0 Å². The number of nitrogens with zero attached hydrogens (tertiary/aromatic N) is 1. The highest BCUT2D eigenvalue weighted by Crippen LogP contribution is 2.15. The van der Waals surface area contributed by atoms with Gasteiger partial charge in [0, 0.05) is 31.6 Å². The van der Waals surface area contributed by atoms with Gasteiger partial charge in [-0.05, 0) is 31.5 Å². The maximum atomic E-state index is 10.2. The monoisotopic (exact) mass is 267 g/mol. The number of rotatable bonds is 6. The van der Waals surface area contributed by atoms with E-state index in [1.165, 1.54) is 0 Å². The van der Waals surface area contributed by atoms with E-state index in [2.05, 4.69) is 15.6 Å². The van der Waals surface area contributed by atoms with Gasteiger partial charge in [-0.1, -0.05) is 6.07 Å². The molecule has 0 radical (unpaired) electrons. The summed E-state index contributed by atoms with van der Waals surface area (Å²) < 4.78 is 0. The van der Waals surface area contributed by atoms with Gasteiger partial charge in [0.1, 0.15) is 0 Å². The molecule has 1 fully saturated rings. The van der Waals surface area contributed by atoms with Gasteiger partial charge < -0.3 is 15.7 Å². The molecule has 3 N–H and O–H groups in total. The topological polar surface area (TPSA) is 57.2 Å². The molecule has 0 saturated carbocycles. The lowest BCUT2D eigenvalue weighted by atomic mass is 9.94. The molecular formula is C13H21N3OS. The molecule has 1 saturated heterocycles. The van der Waals surface area contributed by atoms with E-state index < -0.39 is 5.60 Å². The van der Waals surface area contributed by atoms with Gasteiger partial charge in [0.15, 0.2) is 0 Å². The fraction of sp³-hybridized carbons (Fsp3) is 0.615. The van der Waals surface area contributed by atoms with Crippen molar-refractivity contribution in [3.8, 4) is 0 Å². The molecule has 5 heteroatoms. The summed E-state index contributed by atoms with van der Waals surface area (Å²) in [6, 6.07) is 5.94. The lowest BCUT2D eigenvalue weighted by Crippen LogP contribution is -2.52. The summed E-state index contributed by atoms with van der Waals surface area (Å²) in [5.74, 6) is 0.973. The molecule has 0 spiro atoms. The van der Waals surface area contributed by atoms with E-state index in [9.17, 15) is 5.11 Å². The van der Waals surface area contributed by atoms with Crippen LogP contribution in [0.15, 0.2) is 29.4 Å². The summed E-state index contributed by atoms with van der Waals surface area (Å²) in [7, 11) is 0. The van der Waals surface area contributed by atoms with Gasteiger partial charge in [-0.3, -0.25) is 0 Å². The third-order valence-corrected chi connectivity index (χ3v) is 4.02. The molecule has 1 aliphatic heterocycles. The van der Waals surface area contributed by atoms with Crippen molar-refractivity contribution in [1.29, 1.82) is 0 Å². The molecule has 2 heterocycles. The molecule has 0 aliphatic carbocycles. The summed E-state index contributed by atoms with van der Waals surface area (Å²) in [5.41, 5.74) is -0.562. The van der Waals surface area contributed by atoms with Crippen molar-refractivity contribution in [2.75, 3.05) is 31.9 Å². The summed E-state index contributed by atoms with van der Waals surface area (Å²) in [6.45, 7) is 3.29. The van der Waals surface area contributed by atoms with Gasteiger partial charge >= 0.3 is 0 Å². The predicted molar refractivity (Wildman–Crippen MR) is 74.9 cm³/mol. The minimum absolute atomic E-state index is 0.562. The Morgan fingerprint density at radius 1 is 1.50 bits per heavy atom. The van der Waals surface area contributed by atoms with Crippen molar-refractivity contribution in [2.45, 2.75) is 23.5 Å². The Kier molecular flexibility index (Phi) is 5.44. The third-order valence-electron chi connectivity index (χ3n) is 3.07. The summed E-state index contributed by atoms with van der Waals surface area (Å²) >= 11 is 1.74. The number of aliphatic hydroxyl groups is 1. The van der Waals surface area contributed by atoms with Gasteiger partial charge in [0.05, 0.1) is 10.6 Å². The molecule has 1 atom stereocenters. The van der Waals surface area contributed by atoms with E-state index >= 15 is 0 Å². The maximum absolute atomic E-state index is 10.2. The molecular weight excluding hydrogens is 246 g/mol. The number of hydrogen-bond donors (Lipinski definition) is 3. The van der Waals surface area contributed by atoms with Crippen LogP contribution in [0.2, 0.25) is 0 Å². The number of β-amino-alcohol motifs (C(OH)–C–C–N with tert-alkyl or cyclic N) is 1. The quantitative estimate of drug-likeness (QED) is 0.528. The fourth-order valence-corrected chi connectivity index (χ4v) is 2.85. The van der Waals surface area contributed by atoms with Gasteiger partial charge in [-0.15, -0.1) is 11.8 Å². The van der Waals surface area contributed by atoms with Crippen LogP contribution in [0.1, 0.15) is 12.8 Å². The number of nitrogens with one attached hydrogen (secondary N) is 2. The SMILES string of the molecule is O[C@]1(CNCCSc2ccccn2)CCCNC1. The molecule has 0 aromatic carbocycles. The molecule has 0 bridgehead atoms. The highest BCUT2D eigenvalue weighted by atomic mass is 32.2. The standard InChI is InChI=1S/C13H21N3OS/c17-13(5-3-6-14-10-13)11-15-8-9-18-12-4-1-2-7-16-12/h1-2,4,7,14-15,17H,3,5-6,8-11H2/t13-/m1/s1. The normalized spacial score (nSPS) is 24.1. The molecule has 18 heavy (non-hydrogen) atoms. The Bertz CT molecular complexity index is 341. The smallest absolute Gasteiger partial charge is 0.0960 e. The number of pyridine rings is 1. The molecule has 100 valence electrons. The van der Waals surface area contributed by atoms with Gasteiger partial charge in [-0.25, -0.2) is 4.98 Å². The van der Waals surface area contributed by atoms with Crippen LogP contribution in [0, 0.1) is 0 Å². The zero-order chi connectivity index (χ0) is 12.7. The van der Waals surface area contributed by atoms with E-state index in [1.807, 2.05) is 24.4 Å². The van der Waals surface area contributed by atoms with Crippen LogP contribution in [0.4, 0.5) is 0 Å². The van der Waals surface area contributed by atoms with Crippen molar-refractivity contribution >= 4 is 11.8 Å². The lowest BCUT2D eigenvalue weighted by Gasteiger charge is -2.32. The molecule has 0 unspecified atom stereocenters. The first-order valence-electron chi connectivity index (χ1n) is 6.46. The second-order valence-electron chi connectivity index (χ2n) is 4.70. The molecule has 1 aromatic rings. The van der Waals surface area contributed by atoms with Crippen LogP contribution in [0.25, 0.3) is 0 Å². The Morgan fingerprint density at radius 2 is 2.44 bits per heavy atom. The number of piperidine rings is 1. The zero-order valence-corrected chi connectivity index (χ0v) is 11.4. The van der Waals surface area contributed by atoms with E-state index in [1.54, 1.807) is 11.8 Å². The highest BCUT2D eigenvalue weighted by molar-refractivity contribution is 7.99. The van der Waals surface area contributed by atoms with Crippen molar-refractivity contribution < 1.29 is 5.11 Å². The Hall–Kier alpha value is -0.620. The van der Waals surface area contributed by atoms with E-state index in [0.717, 1.165) is 36.7 Å². The van der Waals surface area contributed by atoms with Crippen molar-refractivity contribution in [3.05, 3.63) is 24.4 Å². The molecule has 1 aromatic heterocycles. The molecule has 1 aliphatic rings. The zero-order valence-electron chi connectivity index (χ0n) is 10.6. The summed E-state index contributed by atoms with van der Waals surface area (Å²) in [5, 5.41) is 17.9.